The van der Waals surface area contributed by atoms with Crippen molar-refractivity contribution < 1.29 is 17.6 Å². The van der Waals surface area contributed by atoms with Crippen molar-refractivity contribution in [1.82, 2.24) is 0 Å². The first-order valence-corrected chi connectivity index (χ1v) is 5.57. The van der Waals surface area contributed by atoms with Crippen LogP contribution in [0, 0.1) is 18.6 Å². The van der Waals surface area contributed by atoms with E-state index >= 15 is 0 Å². The zero-order valence-electron chi connectivity index (χ0n) is 9.81. The Morgan fingerprint density at radius 1 is 1.22 bits per heavy atom. The summed E-state index contributed by atoms with van der Waals surface area (Å²) in [6.45, 7) is 1.45. The number of alkyl halides is 1. The molecule has 1 aliphatic rings. The van der Waals surface area contributed by atoms with Gasteiger partial charge in [-0.2, -0.15) is 0 Å². The summed E-state index contributed by atoms with van der Waals surface area (Å²) in [5.41, 5.74) is -1.52. The highest BCUT2D eigenvalue weighted by molar-refractivity contribution is 6.57. The van der Waals surface area contributed by atoms with Gasteiger partial charge in [0.2, 0.25) is 7.28 Å². The number of hydrogen-bond acceptors (Lipinski definition) is 0. The fourth-order valence-corrected chi connectivity index (χ4v) is 2.04. The summed E-state index contributed by atoms with van der Waals surface area (Å²) in [6.07, 6.45) is 3.28. The van der Waals surface area contributed by atoms with Gasteiger partial charge in [0, 0.05) is 12.5 Å². The summed E-state index contributed by atoms with van der Waals surface area (Å²) in [7, 11) is -0.245. The molecule has 2 rings (SSSR count). The largest absolute Gasteiger partial charge is 0.248 e. The molecule has 18 heavy (non-hydrogen) atoms. The maximum Gasteiger partial charge on any atom is 0.209 e. The van der Waals surface area contributed by atoms with Crippen LogP contribution in [0.5, 0.6) is 0 Å². The first-order chi connectivity index (χ1) is 8.39. The molecular formula is C13H11BF4. The van der Waals surface area contributed by atoms with Crippen molar-refractivity contribution in [1.29, 1.82) is 0 Å². The van der Waals surface area contributed by atoms with Crippen molar-refractivity contribution in [2.75, 3.05) is 0 Å². The van der Waals surface area contributed by atoms with Crippen LogP contribution in [0.3, 0.4) is 0 Å². The Hall–Kier alpha value is -1.52. The lowest BCUT2D eigenvalue weighted by Crippen LogP contribution is -2.39. The van der Waals surface area contributed by atoms with Crippen LogP contribution in [0.4, 0.5) is 17.6 Å². The minimum absolute atomic E-state index is 0.191. The molecule has 1 atom stereocenters. The summed E-state index contributed by atoms with van der Waals surface area (Å²) >= 11 is 0. The second-order valence-electron chi connectivity index (χ2n) is 4.53. The maximum atomic E-state index is 14.3. The molecule has 0 fully saturated rings. The fraction of sp³-hybridized carbons (Fsp3) is 0.231. The molecule has 1 aromatic carbocycles. The summed E-state index contributed by atoms with van der Waals surface area (Å²) in [6, 6.07) is 1.84. The molecule has 1 aromatic rings. The second kappa shape index (κ2) is 4.63. The van der Waals surface area contributed by atoms with Gasteiger partial charge in [0.05, 0.1) is 0 Å². The Labute approximate surface area is 103 Å². The van der Waals surface area contributed by atoms with Crippen molar-refractivity contribution in [3.05, 3.63) is 53.4 Å². The van der Waals surface area contributed by atoms with E-state index in [2.05, 4.69) is 0 Å². The first kappa shape index (κ1) is 12.9. The quantitative estimate of drug-likeness (QED) is 0.562. The van der Waals surface area contributed by atoms with Crippen LogP contribution in [-0.2, 0) is 0 Å². The van der Waals surface area contributed by atoms with E-state index in [0.717, 1.165) is 12.1 Å². The van der Waals surface area contributed by atoms with Gasteiger partial charge in [-0.1, -0.05) is 17.6 Å². The standard InChI is InChI=1S/C13H11BF4/c1-8-11(5-10(16)6-12(8)17)14-13(18)4-2-3-9(15)7-13/h2-6,14H,7H2,1H3. The summed E-state index contributed by atoms with van der Waals surface area (Å²) in [5.74, 6) is -2.05. The molecule has 94 valence electrons. The zero-order chi connectivity index (χ0) is 13.3. The topological polar surface area (TPSA) is 0 Å². The lowest BCUT2D eigenvalue weighted by molar-refractivity contribution is 0.316. The van der Waals surface area contributed by atoms with E-state index in [1.54, 1.807) is 0 Å². The first-order valence-electron chi connectivity index (χ1n) is 5.57. The van der Waals surface area contributed by atoms with Gasteiger partial charge in [0.15, 0.2) is 0 Å². The van der Waals surface area contributed by atoms with Crippen molar-refractivity contribution >= 4 is 12.7 Å². The van der Waals surface area contributed by atoms with Gasteiger partial charge in [-0.25, -0.2) is 17.6 Å². The Morgan fingerprint density at radius 2 is 1.94 bits per heavy atom. The van der Waals surface area contributed by atoms with E-state index in [4.69, 9.17) is 0 Å². The van der Waals surface area contributed by atoms with E-state index in [1.165, 1.54) is 25.2 Å². The predicted octanol–water partition coefficient (Wildman–Crippen LogP) is 2.81. The lowest BCUT2D eigenvalue weighted by atomic mass is 9.54. The van der Waals surface area contributed by atoms with Gasteiger partial charge in [0.25, 0.3) is 0 Å². The molecule has 0 radical (unpaired) electrons. The van der Waals surface area contributed by atoms with Gasteiger partial charge >= 0.3 is 0 Å². The van der Waals surface area contributed by atoms with Crippen LogP contribution in [0.25, 0.3) is 0 Å². The predicted molar refractivity (Wildman–Crippen MR) is 64.7 cm³/mol. The summed E-state index contributed by atoms with van der Waals surface area (Å²) in [4.78, 5) is 0. The third kappa shape index (κ3) is 2.66. The van der Waals surface area contributed by atoms with Crippen molar-refractivity contribution in [3.63, 3.8) is 0 Å². The number of halogens is 4. The van der Waals surface area contributed by atoms with Crippen LogP contribution in [-0.4, -0.2) is 12.8 Å². The average molecular weight is 254 g/mol. The number of allylic oxidation sites excluding steroid dienone is 4. The molecular weight excluding hydrogens is 243 g/mol. The van der Waals surface area contributed by atoms with E-state index in [0.29, 0.717) is 0 Å². The third-order valence-electron chi connectivity index (χ3n) is 3.04. The minimum Gasteiger partial charge on any atom is -0.248 e. The molecule has 0 saturated carbocycles. The number of benzene rings is 1. The van der Waals surface area contributed by atoms with E-state index < -0.39 is 29.5 Å². The monoisotopic (exact) mass is 254 g/mol. The van der Waals surface area contributed by atoms with Crippen LogP contribution >= 0.6 is 0 Å². The van der Waals surface area contributed by atoms with Crippen molar-refractivity contribution in [2.24, 2.45) is 0 Å². The Kier molecular flexibility index (Phi) is 3.33. The third-order valence-corrected chi connectivity index (χ3v) is 3.04. The van der Waals surface area contributed by atoms with Gasteiger partial charge in [-0.05, 0) is 24.6 Å². The molecule has 0 bridgehead atoms. The van der Waals surface area contributed by atoms with Crippen LogP contribution < -0.4 is 5.46 Å². The second-order valence-corrected chi connectivity index (χ2v) is 4.53. The fourth-order valence-electron chi connectivity index (χ4n) is 2.04. The zero-order valence-corrected chi connectivity index (χ0v) is 9.81. The summed E-state index contributed by atoms with van der Waals surface area (Å²) < 4.78 is 53.8. The molecule has 0 amide bonds. The SMILES string of the molecule is Cc1c(F)cc(F)cc1BC1(F)C=CC=C(F)C1. The molecule has 0 heterocycles. The van der Waals surface area contributed by atoms with E-state index in [1.807, 2.05) is 0 Å². The number of rotatable bonds is 2. The normalized spacial score (nSPS) is 22.8. The van der Waals surface area contributed by atoms with Crippen LogP contribution in [0.15, 0.2) is 36.2 Å². The Bertz CT molecular complexity index is 536. The highest BCUT2D eigenvalue weighted by Crippen LogP contribution is 2.27. The van der Waals surface area contributed by atoms with Crippen molar-refractivity contribution in [3.8, 4) is 0 Å². The average Bonchev–Trinajstić information content (AvgIpc) is 2.24. The smallest absolute Gasteiger partial charge is 0.209 e. The highest BCUT2D eigenvalue weighted by Gasteiger charge is 2.32. The maximum absolute atomic E-state index is 14.3. The van der Waals surface area contributed by atoms with Gasteiger partial charge in [0.1, 0.15) is 23.0 Å². The molecule has 0 spiro atoms. The highest BCUT2D eigenvalue weighted by atomic mass is 19.2. The number of hydrogen-bond donors (Lipinski definition) is 0. The molecule has 0 aromatic heterocycles. The van der Waals surface area contributed by atoms with Crippen molar-refractivity contribution in [2.45, 2.75) is 18.9 Å². The molecule has 1 unspecified atom stereocenters. The molecule has 0 aliphatic heterocycles. The van der Waals surface area contributed by atoms with Crippen LogP contribution in [0.2, 0.25) is 0 Å². The molecule has 0 nitrogen and oxygen atoms in total. The Morgan fingerprint density at radius 3 is 2.61 bits per heavy atom. The van der Waals surface area contributed by atoms with E-state index in [9.17, 15) is 17.6 Å². The molecule has 5 heteroatoms. The minimum atomic E-state index is -1.93. The molecule has 0 saturated heterocycles. The van der Waals surface area contributed by atoms with Crippen LogP contribution in [0.1, 0.15) is 12.0 Å². The summed E-state index contributed by atoms with van der Waals surface area (Å²) in [5, 5.41) is 0. The molecule has 1 aliphatic carbocycles. The molecule has 0 N–H and O–H groups in total. The van der Waals surface area contributed by atoms with Gasteiger partial charge in [-0.15, -0.1) is 0 Å². The Balaban J connectivity index is 2.30. The van der Waals surface area contributed by atoms with Gasteiger partial charge in [-0.3, -0.25) is 0 Å². The lowest BCUT2D eigenvalue weighted by Gasteiger charge is -2.23. The van der Waals surface area contributed by atoms with Gasteiger partial charge < -0.3 is 0 Å². The van der Waals surface area contributed by atoms with E-state index in [-0.39, 0.29) is 18.3 Å².